The summed E-state index contributed by atoms with van der Waals surface area (Å²) >= 11 is 0. The molecule has 0 saturated heterocycles. The predicted molar refractivity (Wildman–Crippen MR) is 83.9 cm³/mol. The maximum Gasteiger partial charge on any atom is 0.192 e. The van der Waals surface area contributed by atoms with Crippen molar-refractivity contribution in [2.24, 2.45) is 11.8 Å². The molecule has 0 unspecified atom stereocenters. The summed E-state index contributed by atoms with van der Waals surface area (Å²) < 4.78 is 6.58. The van der Waals surface area contributed by atoms with Crippen LogP contribution in [-0.4, -0.2) is 20.7 Å². The normalized spacial score (nSPS) is 25.2. The minimum atomic E-state index is -1.71. The van der Waals surface area contributed by atoms with Gasteiger partial charge in [-0.25, -0.2) is 0 Å². The lowest BCUT2D eigenvalue weighted by atomic mass is 10.1. The summed E-state index contributed by atoms with van der Waals surface area (Å²) in [6.45, 7) is 13.7. The van der Waals surface area contributed by atoms with E-state index in [-0.39, 0.29) is 11.0 Å². The summed E-state index contributed by atoms with van der Waals surface area (Å²) in [5.41, 5.74) is 0. The van der Waals surface area contributed by atoms with Gasteiger partial charge in [-0.2, -0.15) is 0 Å². The first-order valence-electron chi connectivity index (χ1n) is 7.86. The lowest BCUT2D eigenvalue weighted by Gasteiger charge is -2.39. The highest BCUT2D eigenvalue weighted by molar-refractivity contribution is 6.74. The third kappa shape index (κ3) is 4.71. The fourth-order valence-corrected chi connectivity index (χ4v) is 3.73. The molecular weight excluding hydrogens is 252 g/mol. The molecule has 2 nitrogen and oxygen atoms in total. The van der Waals surface area contributed by atoms with Gasteiger partial charge in [0.15, 0.2) is 8.32 Å². The Balaban J connectivity index is 2.61. The van der Waals surface area contributed by atoms with Crippen molar-refractivity contribution < 1.29 is 9.22 Å². The van der Waals surface area contributed by atoms with Crippen LogP contribution in [-0.2, 0) is 9.22 Å². The van der Waals surface area contributed by atoms with Gasteiger partial charge in [-0.1, -0.05) is 47.0 Å². The minimum absolute atomic E-state index is 0.252. The van der Waals surface area contributed by atoms with Crippen LogP contribution in [0, 0.1) is 11.8 Å². The van der Waals surface area contributed by atoms with Crippen LogP contribution in [0.5, 0.6) is 0 Å². The minimum Gasteiger partial charge on any atom is -0.414 e. The van der Waals surface area contributed by atoms with Gasteiger partial charge < -0.3 is 9.22 Å². The van der Waals surface area contributed by atoms with Gasteiger partial charge in [0.25, 0.3) is 0 Å². The van der Waals surface area contributed by atoms with Gasteiger partial charge in [-0.3, -0.25) is 0 Å². The van der Waals surface area contributed by atoms with E-state index in [2.05, 4.69) is 40.8 Å². The van der Waals surface area contributed by atoms with E-state index in [4.69, 9.17) is 4.43 Å². The monoisotopic (exact) mass is 284 g/mol. The van der Waals surface area contributed by atoms with Crippen LogP contribution in [0.3, 0.4) is 0 Å². The molecular formula is C16H32O2Si. The summed E-state index contributed by atoms with van der Waals surface area (Å²) in [5.74, 6) is 0.778. The summed E-state index contributed by atoms with van der Waals surface area (Å²) in [6, 6.07) is 0. The van der Waals surface area contributed by atoms with Crippen LogP contribution in [0.1, 0.15) is 59.8 Å². The Morgan fingerprint density at radius 2 is 1.95 bits per heavy atom. The Hall–Kier alpha value is -0.153. The molecule has 112 valence electrons. The highest BCUT2D eigenvalue weighted by Crippen LogP contribution is 2.46. The Morgan fingerprint density at radius 1 is 1.32 bits per heavy atom. The first kappa shape index (κ1) is 16.9. The van der Waals surface area contributed by atoms with Crippen molar-refractivity contribution in [3.63, 3.8) is 0 Å². The van der Waals surface area contributed by atoms with E-state index in [1.165, 1.54) is 19.3 Å². The van der Waals surface area contributed by atoms with Crippen LogP contribution in [0.2, 0.25) is 18.1 Å². The summed E-state index contributed by atoms with van der Waals surface area (Å²) in [7, 11) is -1.71. The highest BCUT2D eigenvalue weighted by atomic mass is 28.4. The molecule has 1 rings (SSSR count). The molecule has 19 heavy (non-hydrogen) atoms. The van der Waals surface area contributed by atoms with Crippen LogP contribution in [0.4, 0.5) is 0 Å². The molecule has 0 aromatic carbocycles. The van der Waals surface area contributed by atoms with Crippen LogP contribution < -0.4 is 0 Å². The molecule has 1 aliphatic carbocycles. The van der Waals surface area contributed by atoms with Gasteiger partial charge in [0.05, 0.1) is 0 Å². The summed E-state index contributed by atoms with van der Waals surface area (Å²) in [4.78, 5) is 10.9. The molecule has 3 atom stereocenters. The zero-order valence-corrected chi connectivity index (χ0v) is 14.7. The maximum atomic E-state index is 10.9. The summed E-state index contributed by atoms with van der Waals surface area (Å²) in [5, 5.41) is 0.252. The average molecular weight is 285 g/mol. The average Bonchev–Trinajstić information content (AvgIpc) is 3.05. The van der Waals surface area contributed by atoms with Crippen molar-refractivity contribution in [2.75, 3.05) is 0 Å². The molecule has 0 heterocycles. The van der Waals surface area contributed by atoms with E-state index < -0.39 is 8.32 Å². The first-order valence-corrected chi connectivity index (χ1v) is 10.8. The highest BCUT2D eigenvalue weighted by Gasteiger charge is 2.47. The number of carbonyl (C=O) groups is 1. The maximum absolute atomic E-state index is 10.9. The van der Waals surface area contributed by atoms with Crippen molar-refractivity contribution in [3.05, 3.63) is 0 Å². The summed E-state index contributed by atoms with van der Waals surface area (Å²) in [6.07, 6.45) is 7.39. The van der Waals surface area contributed by atoms with E-state index in [0.717, 1.165) is 19.1 Å². The molecule has 0 spiro atoms. The van der Waals surface area contributed by atoms with Gasteiger partial charge in [0.2, 0.25) is 0 Å². The van der Waals surface area contributed by atoms with Gasteiger partial charge in [-0.15, -0.1) is 0 Å². The quantitative estimate of drug-likeness (QED) is 0.364. The van der Waals surface area contributed by atoms with Crippen molar-refractivity contribution in [2.45, 2.75) is 84.0 Å². The third-order valence-electron chi connectivity index (χ3n) is 4.89. The lowest BCUT2D eigenvalue weighted by Crippen LogP contribution is -2.44. The fraction of sp³-hybridized carbons (Fsp3) is 0.938. The molecule has 1 aliphatic rings. The Labute approximate surface area is 120 Å². The topological polar surface area (TPSA) is 26.3 Å². The molecule has 0 N–H and O–H groups in total. The number of hydrogen-bond acceptors (Lipinski definition) is 2. The second kappa shape index (κ2) is 6.53. The Bertz CT molecular complexity index is 294. The molecule has 0 bridgehead atoms. The molecule has 0 radical (unpaired) electrons. The largest absolute Gasteiger partial charge is 0.414 e. The molecule has 1 fully saturated rings. The molecule has 0 amide bonds. The van der Waals surface area contributed by atoms with Crippen molar-refractivity contribution >= 4 is 14.6 Å². The third-order valence-corrected chi connectivity index (χ3v) is 9.39. The molecule has 3 heteroatoms. The number of carbonyl (C=O) groups excluding carboxylic acids is 1. The number of rotatable bonds is 8. The molecule has 1 saturated carbocycles. The van der Waals surface area contributed by atoms with Crippen LogP contribution in [0.25, 0.3) is 0 Å². The van der Waals surface area contributed by atoms with E-state index in [1.54, 1.807) is 0 Å². The molecule has 0 aliphatic heterocycles. The zero-order chi connectivity index (χ0) is 14.7. The Morgan fingerprint density at radius 3 is 2.37 bits per heavy atom. The second-order valence-electron chi connectivity index (χ2n) is 7.61. The van der Waals surface area contributed by atoms with E-state index in [1.807, 2.05) is 0 Å². The molecule has 0 aromatic heterocycles. The number of aldehydes is 1. The van der Waals surface area contributed by atoms with Crippen LogP contribution >= 0.6 is 0 Å². The van der Waals surface area contributed by atoms with E-state index in [0.29, 0.717) is 12.0 Å². The predicted octanol–water partition coefficient (Wildman–Crippen LogP) is 4.79. The number of unbranched alkanes of at least 4 members (excludes halogenated alkanes) is 2. The Kier molecular flexibility index (Phi) is 5.81. The van der Waals surface area contributed by atoms with Crippen molar-refractivity contribution in [1.29, 1.82) is 0 Å². The lowest BCUT2D eigenvalue weighted by molar-refractivity contribution is -0.109. The zero-order valence-electron chi connectivity index (χ0n) is 13.7. The van der Waals surface area contributed by atoms with Gasteiger partial charge >= 0.3 is 0 Å². The second-order valence-corrected chi connectivity index (χ2v) is 12.4. The van der Waals surface area contributed by atoms with Gasteiger partial charge in [0, 0.05) is 12.0 Å². The van der Waals surface area contributed by atoms with Gasteiger partial charge in [-0.05, 0) is 36.9 Å². The van der Waals surface area contributed by atoms with E-state index >= 15 is 0 Å². The standard InChI is InChI=1S/C16H32O2Si/c1-7-8-9-10-15(14-11-13(14)12-17)18-19(5,6)16(2,3)4/h12-15H,7-11H2,1-6H3/t13-,14+,15-/m0/s1. The smallest absolute Gasteiger partial charge is 0.192 e. The first-order chi connectivity index (χ1) is 8.73. The SMILES string of the molecule is CCCCC[C@H](O[Si](C)(C)C(C)(C)C)[C@@H]1C[C@H]1C=O. The van der Waals surface area contributed by atoms with Crippen LogP contribution in [0.15, 0.2) is 0 Å². The van der Waals surface area contributed by atoms with Crippen molar-refractivity contribution in [1.82, 2.24) is 0 Å². The molecule has 0 aromatic rings. The van der Waals surface area contributed by atoms with Crippen molar-refractivity contribution in [3.8, 4) is 0 Å². The number of hydrogen-bond donors (Lipinski definition) is 0. The van der Waals surface area contributed by atoms with E-state index in [9.17, 15) is 4.79 Å². The van der Waals surface area contributed by atoms with Gasteiger partial charge in [0.1, 0.15) is 6.29 Å². The fourth-order valence-electron chi connectivity index (χ4n) is 2.33.